The fourth-order valence-electron chi connectivity index (χ4n) is 4.83. The second kappa shape index (κ2) is 6.88. The van der Waals surface area contributed by atoms with Crippen LogP contribution >= 0.6 is 0 Å². The first-order chi connectivity index (χ1) is 11.3. The van der Waals surface area contributed by atoms with Crippen LogP contribution in [-0.4, -0.2) is 60.2 Å². The molecule has 3 saturated heterocycles. The summed E-state index contributed by atoms with van der Waals surface area (Å²) in [7, 11) is 0. The van der Waals surface area contributed by atoms with Crippen molar-refractivity contribution in [2.45, 2.75) is 44.7 Å². The fraction of sp³-hybridized carbons (Fsp3) is 0.737. The summed E-state index contributed by atoms with van der Waals surface area (Å²) in [5.74, 6) is 0. The van der Waals surface area contributed by atoms with Gasteiger partial charge in [0.05, 0.1) is 5.69 Å². The van der Waals surface area contributed by atoms with Crippen molar-refractivity contribution >= 4 is 0 Å². The molecule has 0 radical (unpaired) electrons. The van der Waals surface area contributed by atoms with Crippen LogP contribution in [0.2, 0.25) is 0 Å². The number of ether oxygens (including phenoxy) is 1. The first-order valence-electron chi connectivity index (χ1n) is 9.27. The zero-order valence-electron chi connectivity index (χ0n) is 14.1. The summed E-state index contributed by atoms with van der Waals surface area (Å²) in [4.78, 5) is 9.92. The maximum Gasteiger partial charge on any atom is 0.0543 e. The molecule has 1 aromatic rings. The molecule has 1 aromatic heterocycles. The van der Waals surface area contributed by atoms with E-state index in [-0.39, 0.29) is 0 Å². The Morgan fingerprint density at radius 3 is 2.87 bits per heavy atom. The molecule has 1 unspecified atom stereocenters. The Balaban J connectivity index is 1.37. The lowest BCUT2D eigenvalue weighted by molar-refractivity contribution is 0.0301. The van der Waals surface area contributed by atoms with E-state index in [2.05, 4.69) is 26.9 Å². The van der Waals surface area contributed by atoms with Crippen molar-refractivity contribution in [3.05, 3.63) is 30.1 Å². The molecule has 0 N–H and O–H groups in total. The van der Waals surface area contributed by atoms with E-state index in [1.54, 1.807) is 0 Å². The van der Waals surface area contributed by atoms with E-state index in [4.69, 9.17) is 4.74 Å². The number of nitrogens with zero attached hydrogens (tertiary/aromatic N) is 3. The predicted octanol–water partition coefficient (Wildman–Crippen LogP) is 2.55. The highest BCUT2D eigenvalue weighted by Gasteiger charge is 2.43. The minimum atomic E-state index is 0.533. The standard InChI is InChI=1S/C19H29N3O/c1-2-9-20-17(4-1)14-21-10-3-7-19(15-21)8-11-22(16-19)18-5-12-23-13-6-18/h1-2,4,9,18H,3,5-8,10-16H2. The number of pyridine rings is 1. The molecule has 4 rings (SSSR count). The van der Waals surface area contributed by atoms with Gasteiger partial charge in [-0.15, -0.1) is 0 Å². The van der Waals surface area contributed by atoms with E-state index in [9.17, 15) is 0 Å². The first kappa shape index (κ1) is 15.6. The van der Waals surface area contributed by atoms with Gasteiger partial charge in [0.1, 0.15) is 0 Å². The largest absolute Gasteiger partial charge is 0.381 e. The molecule has 4 heterocycles. The zero-order chi connectivity index (χ0) is 15.5. The van der Waals surface area contributed by atoms with Gasteiger partial charge in [0.2, 0.25) is 0 Å². The van der Waals surface area contributed by atoms with E-state index < -0.39 is 0 Å². The van der Waals surface area contributed by atoms with Crippen LogP contribution in [0.3, 0.4) is 0 Å². The molecule has 126 valence electrons. The Bertz CT molecular complexity index is 503. The highest BCUT2D eigenvalue weighted by Crippen LogP contribution is 2.40. The van der Waals surface area contributed by atoms with E-state index >= 15 is 0 Å². The maximum atomic E-state index is 5.54. The highest BCUT2D eigenvalue weighted by atomic mass is 16.5. The van der Waals surface area contributed by atoms with E-state index in [0.29, 0.717) is 5.41 Å². The molecule has 23 heavy (non-hydrogen) atoms. The molecule has 0 aliphatic carbocycles. The van der Waals surface area contributed by atoms with Gasteiger partial charge in [-0.1, -0.05) is 6.07 Å². The number of aromatic nitrogens is 1. The second-order valence-corrected chi connectivity index (χ2v) is 7.70. The van der Waals surface area contributed by atoms with Gasteiger partial charge in [0.15, 0.2) is 0 Å². The topological polar surface area (TPSA) is 28.6 Å². The summed E-state index contributed by atoms with van der Waals surface area (Å²) >= 11 is 0. The van der Waals surface area contributed by atoms with Crippen molar-refractivity contribution in [3.8, 4) is 0 Å². The molecule has 3 aliphatic rings. The number of hydrogen-bond acceptors (Lipinski definition) is 4. The second-order valence-electron chi connectivity index (χ2n) is 7.70. The fourth-order valence-corrected chi connectivity index (χ4v) is 4.83. The summed E-state index contributed by atoms with van der Waals surface area (Å²) in [5, 5.41) is 0. The number of piperidine rings is 1. The number of hydrogen-bond donors (Lipinski definition) is 0. The first-order valence-corrected chi connectivity index (χ1v) is 9.27. The van der Waals surface area contributed by atoms with E-state index in [1.807, 2.05) is 12.3 Å². The van der Waals surface area contributed by atoms with E-state index in [1.165, 1.54) is 64.0 Å². The third-order valence-corrected chi connectivity index (χ3v) is 6.03. The Morgan fingerprint density at radius 2 is 2.04 bits per heavy atom. The lowest BCUT2D eigenvalue weighted by Crippen LogP contribution is -2.46. The average Bonchev–Trinajstić information content (AvgIpc) is 3.00. The normalized spacial score (nSPS) is 31.0. The van der Waals surface area contributed by atoms with Gasteiger partial charge in [0.25, 0.3) is 0 Å². The molecular weight excluding hydrogens is 286 g/mol. The van der Waals surface area contributed by atoms with Crippen molar-refractivity contribution in [3.63, 3.8) is 0 Å². The molecular formula is C19H29N3O. The maximum absolute atomic E-state index is 5.54. The van der Waals surface area contributed by atoms with Crippen LogP contribution in [0.25, 0.3) is 0 Å². The van der Waals surface area contributed by atoms with Crippen LogP contribution in [0.4, 0.5) is 0 Å². The number of likely N-dealkylation sites (tertiary alicyclic amines) is 2. The Kier molecular flexibility index (Phi) is 4.65. The average molecular weight is 315 g/mol. The van der Waals surface area contributed by atoms with Gasteiger partial charge in [-0.3, -0.25) is 14.8 Å². The minimum absolute atomic E-state index is 0.533. The van der Waals surface area contributed by atoms with Crippen LogP contribution in [-0.2, 0) is 11.3 Å². The SMILES string of the molecule is c1ccc(CN2CCCC3(CCN(C4CCOCC4)C3)C2)nc1. The van der Waals surface area contributed by atoms with Crippen LogP contribution in [0.1, 0.15) is 37.8 Å². The summed E-state index contributed by atoms with van der Waals surface area (Å²) in [6.07, 6.45) is 8.50. The van der Waals surface area contributed by atoms with Crippen molar-refractivity contribution in [2.75, 3.05) is 39.4 Å². The van der Waals surface area contributed by atoms with Gasteiger partial charge in [-0.2, -0.15) is 0 Å². The third-order valence-electron chi connectivity index (χ3n) is 6.03. The number of rotatable bonds is 3. The molecule has 3 fully saturated rings. The summed E-state index contributed by atoms with van der Waals surface area (Å²) in [6, 6.07) is 7.04. The van der Waals surface area contributed by atoms with Gasteiger partial charge >= 0.3 is 0 Å². The molecule has 0 bridgehead atoms. The molecule has 0 saturated carbocycles. The van der Waals surface area contributed by atoms with Crippen molar-refractivity contribution in [2.24, 2.45) is 5.41 Å². The predicted molar refractivity (Wildman–Crippen MR) is 91.2 cm³/mol. The van der Waals surface area contributed by atoms with Gasteiger partial charge < -0.3 is 4.74 Å². The smallest absolute Gasteiger partial charge is 0.0543 e. The monoisotopic (exact) mass is 315 g/mol. The minimum Gasteiger partial charge on any atom is -0.381 e. The molecule has 3 aliphatic heterocycles. The van der Waals surface area contributed by atoms with Crippen LogP contribution < -0.4 is 0 Å². The molecule has 4 nitrogen and oxygen atoms in total. The summed E-state index contributed by atoms with van der Waals surface area (Å²) in [6.45, 7) is 8.01. The Labute approximate surface area is 139 Å². The lowest BCUT2D eigenvalue weighted by atomic mass is 9.79. The van der Waals surface area contributed by atoms with Crippen molar-refractivity contribution in [1.29, 1.82) is 0 Å². The molecule has 4 heteroatoms. The Morgan fingerprint density at radius 1 is 1.13 bits per heavy atom. The van der Waals surface area contributed by atoms with Crippen LogP contribution in [0, 0.1) is 5.41 Å². The van der Waals surface area contributed by atoms with Crippen molar-refractivity contribution < 1.29 is 4.74 Å². The van der Waals surface area contributed by atoms with Gasteiger partial charge in [0, 0.05) is 45.1 Å². The molecule has 0 amide bonds. The summed E-state index contributed by atoms with van der Waals surface area (Å²) in [5.41, 5.74) is 1.74. The molecule has 0 aromatic carbocycles. The van der Waals surface area contributed by atoms with Crippen LogP contribution in [0.15, 0.2) is 24.4 Å². The van der Waals surface area contributed by atoms with E-state index in [0.717, 1.165) is 25.8 Å². The van der Waals surface area contributed by atoms with Gasteiger partial charge in [-0.25, -0.2) is 0 Å². The van der Waals surface area contributed by atoms with Crippen molar-refractivity contribution in [1.82, 2.24) is 14.8 Å². The third kappa shape index (κ3) is 3.59. The highest BCUT2D eigenvalue weighted by molar-refractivity contribution is 5.04. The van der Waals surface area contributed by atoms with Crippen LogP contribution in [0.5, 0.6) is 0 Å². The summed E-state index contributed by atoms with van der Waals surface area (Å²) < 4.78 is 5.54. The quantitative estimate of drug-likeness (QED) is 0.857. The Hall–Kier alpha value is -0.970. The lowest BCUT2D eigenvalue weighted by Gasteiger charge is -2.41. The molecule has 1 atom stereocenters. The molecule has 1 spiro atoms. The van der Waals surface area contributed by atoms with Gasteiger partial charge in [-0.05, 0) is 62.7 Å². The zero-order valence-corrected chi connectivity index (χ0v) is 14.1.